The van der Waals surface area contributed by atoms with Gasteiger partial charge in [0.25, 0.3) is 0 Å². The average Bonchev–Trinajstić information content (AvgIpc) is 2.64. The van der Waals surface area contributed by atoms with Crippen molar-refractivity contribution in [1.29, 1.82) is 0 Å². The van der Waals surface area contributed by atoms with Gasteiger partial charge in [0.15, 0.2) is 0 Å². The van der Waals surface area contributed by atoms with Gasteiger partial charge >= 0.3 is 5.97 Å². The Hall–Kier alpha value is -1.39. The van der Waals surface area contributed by atoms with E-state index in [9.17, 15) is 9.90 Å². The van der Waals surface area contributed by atoms with Gasteiger partial charge in [-0.2, -0.15) is 0 Å². The summed E-state index contributed by atoms with van der Waals surface area (Å²) < 4.78 is 0. The maximum atomic E-state index is 11.8. The summed E-state index contributed by atoms with van der Waals surface area (Å²) in [6.07, 6.45) is 1.02. The summed E-state index contributed by atoms with van der Waals surface area (Å²) in [7, 11) is 2.09. The van der Waals surface area contributed by atoms with Gasteiger partial charge in [-0.15, -0.1) is 0 Å². The van der Waals surface area contributed by atoms with Crippen molar-refractivity contribution < 1.29 is 9.90 Å². The lowest BCUT2D eigenvalue weighted by molar-refractivity contribution is -0.143. The lowest BCUT2D eigenvalue weighted by atomic mass is 9.98. The van der Waals surface area contributed by atoms with Crippen molar-refractivity contribution in [3.8, 4) is 0 Å². The zero-order valence-corrected chi connectivity index (χ0v) is 13.2. The highest BCUT2D eigenvalue weighted by atomic mass is 16.4. The van der Waals surface area contributed by atoms with Crippen LogP contribution in [0.2, 0.25) is 0 Å². The van der Waals surface area contributed by atoms with Gasteiger partial charge in [0, 0.05) is 19.6 Å². The molecule has 0 radical (unpaired) electrons. The molecule has 116 valence electrons. The van der Waals surface area contributed by atoms with E-state index in [1.54, 1.807) is 0 Å². The lowest BCUT2D eigenvalue weighted by Gasteiger charge is -2.28. The fraction of sp³-hybridized carbons (Fsp3) is 0.588. The number of aliphatic carboxylic acids is 1. The minimum atomic E-state index is -0.753. The average molecular weight is 290 g/mol. The van der Waals surface area contributed by atoms with Crippen LogP contribution in [-0.2, 0) is 4.79 Å². The topological polar surface area (TPSA) is 43.8 Å². The SMILES string of the molecule is CC(C)c1ccc(C(C(=O)O)N2CCCN(C)CC2)cc1. The van der Waals surface area contributed by atoms with Crippen LogP contribution in [0.25, 0.3) is 0 Å². The van der Waals surface area contributed by atoms with Crippen molar-refractivity contribution in [2.75, 3.05) is 33.2 Å². The molecule has 1 heterocycles. The first-order valence-electron chi connectivity index (χ1n) is 7.74. The van der Waals surface area contributed by atoms with Crippen molar-refractivity contribution in [2.45, 2.75) is 32.2 Å². The van der Waals surface area contributed by atoms with Crippen LogP contribution in [0.15, 0.2) is 24.3 Å². The van der Waals surface area contributed by atoms with E-state index in [4.69, 9.17) is 0 Å². The first kappa shape index (κ1) is 16.0. The quantitative estimate of drug-likeness (QED) is 0.925. The molecule has 4 nitrogen and oxygen atoms in total. The molecule has 0 amide bonds. The number of carboxylic acid groups (broad SMARTS) is 1. The fourth-order valence-electron chi connectivity index (χ4n) is 2.90. The van der Waals surface area contributed by atoms with Gasteiger partial charge in [-0.1, -0.05) is 38.1 Å². The second-order valence-electron chi connectivity index (χ2n) is 6.25. The summed E-state index contributed by atoms with van der Waals surface area (Å²) in [5.41, 5.74) is 2.13. The fourth-order valence-corrected chi connectivity index (χ4v) is 2.90. The Morgan fingerprint density at radius 1 is 1.05 bits per heavy atom. The van der Waals surface area contributed by atoms with Crippen LogP contribution < -0.4 is 0 Å². The van der Waals surface area contributed by atoms with Gasteiger partial charge < -0.3 is 10.0 Å². The molecule has 2 rings (SSSR count). The third-order valence-corrected chi connectivity index (χ3v) is 4.27. The Morgan fingerprint density at radius 3 is 2.24 bits per heavy atom. The van der Waals surface area contributed by atoms with Crippen molar-refractivity contribution in [2.24, 2.45) is 0 Å². The van der Waals surface area contributed by atoms with Crippen LogP contribution in [-0.4, -0.2) is 54.1 Å². The number of hydrogen-bond acceptors (Lipinski definition) is 3. The monoisotopic (exact) mass is 290 g/mol. The summed E-state index contributed by atoms with van der Waals surface area (Å²) in [5.74, 6) is -0.286. The highest BCUT2D eigenvalue weighted by Gasteiger charge is 2.28. The largest absolute Gasteiger partial charge is 0.480 e. The maximum absolute atomic E-state index is 11.8. The Morgan fingerprint density at radius 2 is 1.67 bits per heavy atom. The van der Waals surface area contributed by atoms with Crippen molar-refractivity contribution >= 4 is 5.97 Å². The van der Waals surface area contributed by atoms with Gasteiger partial charge in [0.1, 0.15) is 6.04 Å². The number of carbonyl (C=O) groups is 1. The molecule has 1 saturated heterocycles. The minimum absolute atomic E-state index is 0.467. The highest BCUT2D eigenvalue weighted by molar-refractivity contribution is 5.75. The van der Waals surface area contributed by atoms with E-state index in [2.05, 4.69) is 42.8 Å². The molecule has 0 aromatic heterocycles. The molecule has 1 aromatic carbocycles. The van der Waals surface area contributed by atoms with Gasteiger partial charge in [-0.3, -0.25) is 9.69 Å². The molecule has 0 spiro atoms. The summed E-state index contributed by atoms with van der Waals surface area (Å²) in [4.78, 5) is 16.1. The number of nitrogens with zero attached hydrogens (tertiary/aromatic N) is 2. The molecular weight excluding hydrogens is 264 g/mol. The van der Waals surface area contributed by atoms with Crippen LogP contribution >= 0.6 is 0 Å². The lowest BCUT2D eigenvalue weighted by Crippen LogP contribution is -2.36. The summed E-state index contributed by atoms with van der Waals surface area (Å²) in [6, 6.07) is 7.53. The number of likely N-dealkylation sites (N-methyl/N-ethyl adjacent to an activating group) is 1. The normalized spacial score (nSPS) is 19.4. The summed E-state index contributed by atoms with van der Waals surface area (Å²) in [5, 5.41) is 9.66. The van der Waals surface area contributed by atoms with Crippen LogP contribution in [0.4, 0.5) is 0 Å². The molecule has 21 heavy (non-hydrogen) atoms. The Balaban J connectivity index is 2.20. The number of rotatable bonds is 4. The number of hydrogen-bond donors (Lipinski definition) is 1. The molecule has 0 saturated carbocycles. The molecule has 1 aliphatic rings. The van der Waals surface area contributed by atoms with E-state index in [1.165, 1.54) is 5.56 Å². The predicted molar refractivity (Wildman–Crippen MR) is 84.6 cm³/mol. The molecule has 0 bridgehead atoms. The van der Waals surface area contributed by atoms with Crippen molar-refractivity contribution in [1.82, 2.24) is 9.80 Å². The van der Waals surface area contributed by atoms with Crippen molar-refractivity contribution in [3.63, 3.8) is 0 Å². The minimum Gasteiger partial charge on any atom is -0.480 e. The molecule has 4 heteroatoms. The van der Waals surface area contributed by atoms with Crippen LogP contribution in [0.3, 0.4) is 0 Å². The molecule has 1 fully saturated rings. The zero-order valence-electron chi connectivity index (χ0n) is 13.2. The van der Waals surface area contributed by atoms with Crippen LogP contribution in [0, 0.1) is 0 Å². The standard InChI is InChI=1S/C17H26N2O2/c1-13(2)14-5-7-15(8-6-14)16(17(20)21)19-10-4-9-18(3)11-12-19/h5-8,13,16H,4,9-12H2,1-3H3,(H,20,21). The third kappa shape index (κ3) is 4.05. The molecule has 1 atom stereocenters. The Bertz CT molecular complexity index is 470. The second kappa shape index (κ2) is 7.05. The van der Waals surface area contributed by atoms with Gasteiger partial charge in [0.05, 0.1) is 0 Å². The summed E-state index contributed by atoms with van der Waals surface area (Å²) >= 11 is 0. The smallest absolute Gasteiger partial charge is 0.325 e. The van der Waals surface area contributed by atoms with E-state index in [-0.39, 0.29) is 0 Å². The van der Waals surface area contributed by atoms with Crippen LogP contribution in [0.5, 0.6) is 0 Å². The molecule has 1 N–H and O–H groups in total. The van der Waals surface area contributed by atoms with E-state index >= 15 is 0 Å². The van der Waals surface area contributed by atoms with E-state index in [1.807, 2.05) is 12.1 Å². The van der Waals surface area contributed by atoms with Crippen LogP contribution in [0.1, 0.15) is 43.4 Å². The van der Waals surface area contributed by atoms with E-state index < -0.39 is 12.0 Å². The van der Waals surface area contributed by atoms with E-state index in [0.717, 1.165) is 38.2 Å². The zero-order chi connectivity index (χ0) is 15.4. The first-order chi connectivity index (χ1) is 9.99. The third-order valence-electron chi connectivity index (χ3n) is 4.27. The maximum Gasteiger partial charge on any atom is 0.325 e. The number of carboxylic acids is 1. The molecule has 1 aliphatic heterocycles. The number of benzene rings is 1. The Kier molecular flexibility index (Phi) is 5.37. The Labute approximate surface area is 127 Å². The predicted octanol–water partition coefficient (Wildman–Crippen LogP) is 2.57. The second-order valence-corrected chi connectivity index (χ2v) is 6.25. The molecule has 1 aromatic rings. The highest BCUT2D eigenvalue weighted by Crippen LogP contribution is 2.24. The van der Waals surface area contributed by atoms with E-state index in [0.29, 0.717) is 5.92 Å². The van der Waals surface area contributed by atoms with Gasteiger partial charge in [-0.05, 0) is 37.1 Å². The molecule has 0 aliphatic carbocycles. The summed E-state index contributed by atoms with van der Waals surface area (Å²) in [6.45, 7) is 7.90. The van der Waals surface area contributed by atoms with Crippen molar-refractivity contribution in [3.05, 3.63) is 35.4 Å². The molecule has 1 unspecified atom stereocenters. The van der Waals surface area contributed by atoms with Gasteiger partial charge in [0.2, 0.25) is 0 Å². The first-order valence-corrected chi connectivity index (χ1v) is 7.74. The molecular formula is C17H26N2O2. The van der Waals surface area contributed by atoms with Gasteiger partial charge in [-0.25, -0.2) is 0 Å².